The molecule has 0 unspecified atom stereocenters. The molecular formula is C31H31F4N9. The molecule has 0 saturated heterocycles. The average Bonchev–Trinajstić information content (AvgIpc) is 3.91. The number of rotatable bonds is 9. The summed E-state index contributed by atoms with van der Waals surface area (Å²) in [5.74, 6) is 0.00985. The predicted molar refractivity (Wildman–Crippen MR) is 156 cm³/mol. The zero-order valence-corrected chi connectivity index (χ0v) is 24.4. The highest BCUT2D eigenvalue weighted by Crippen LogP contribution is 2.57. The normalized spacial score (nSPS) is 18.2. The number of nitriles is 2. The first-order valence-electron chi connectivity index (χ1n) is 14.4. The fraction of sp³-hybridized carbons (Fsp3) is 0.419. The van der Waals surface area contributed by atoms with Gasteiger partial charge in [-0.25, -0.2) is 4.98 Å². The second-order valence-corrected chi connectivity index (χ2v) is 12.4. The Labute approximate surface area is 251 Å². The minimum Gasteiger partial charge on any atom is -0.382 e. The average molecular weight is 606 g/mol. The first kappa shape index (κ1) is 29.5. The van der Waals surface area contributed by atoms with Crippen molar-refractivity contribution in [2.75, 3.05) is 17.2 Å². The molecule has 1 aromatic carbocycles. The van der Waals surface area contributed by atoms with Gasteiger partial charge in [-0.2, -0.15) is 28.1 Å². The van der Waals surface area contributed by atoms with Crippen LogP contribution in [-0.4, -0.2) is 33.2 Å². The van der Waals surface area contributed by atoms with Crippen LogP contribution in [0, 0.1) is 46.9 Å². The van der Waals surface area contributed by atoms with Gasteiger partial charge in [0.2, 0.25) is 5.95 Å². The maximum atomic E-state index is 14.0. The third kappa shape index (κ3) is 5.22. The van der Waals surface area contributed by atoms with Crippen LogP contribution in [0.2, 0.25) is 0 Å². The van der Waals surface area contributed by atoms with Crippen molar-refractivity contribution in [2.45, 2.75) is 64.2 Å². The Morgan fingerprint density at radius 1 is 1.14 bits per heavy atom. The number of aromatic nitrogens is 2. The van der Waals surface area contributed by atoms with Gasteiger partial charge >= 0.3 is 6.18 Å². The summed E-state index contributed by atoms with van der Waals surface area (Å²) in [5.41, 5.74) is 7.42. The molecule has 0 amide bonds. The molecule has 44 heavy (non-hydrogen) atoms. The molecule has 228 valence electrons. The summed E-state index contributed by atoms with van der Waals surface area (Å²) in [7, 11) is 0. The van der Waals surface area contributed by atoms with E-state index in [0.29, 0.717) is 28.2 Å². The molecule has 1 atom stereocenters. The molecule has 0 bridgehead atoms. The van der Waals surface area contributed by atoms with Crippen molar-refractivity contribution in [3.05, 3.63) is 70.7 Å². The van der Waals surface area contributed by atoms with Gasteiger partial charge in [0.05, 0.1) is 45.0 Å². The van der Waals surface area contributed by atoms with Crippen LogP contribution in [0.1, 0.15) is 68.0 Å². The van der Waals surface area contributed by atoms with Gasteiger partial charge in [-0.3, -0.25) is 9.99 Å². The minimum atomic E-state index is -4.49. The Morgan fingerprint density at radius 2 is 1.86 bits per heavy atom. The fourth-order valence-electron chi connectivity index (χ4n) is 5.80. The lowest BCUT2D eigenvalue weighted by atomic mass is 9.92. The van der Waals surface area contributed by atoms with Crippen LogP contribution < -0.4 is 21.6 Å². The van der Waals surface area contributed by atoms with Gasteiger partial charge in [0.1, 0.15) is 12.1 Å². The highest BCUT2D eigenvalue weighted by Gasteiger charge is 2.58. The smallest absolute Gasteiger partial charge is 0.382 e. The summed E-state index contributed by atoms with van der Waals surface area (Å²) < 4.78 is 55.0. The number of pyridine rings is 2. The van der Waals surface area contributed by atoms with E-state index >= 15 is 0 Å². The number of fused-ring (bicyclic) bond motifs is 1. The summed E-state index contributed by atoms with van der Waals surface area (Å²) >= 11 is 0. The van der Waals surface area contributed by atoms with E-state index in [4.69, 9.17) is 0 Å². The van der Waals surface area contributed by atoms with Crippen molar-refractivity contribution < 1.29 is 17.6 Å². The van der Waals surface area contributed by atoms with Crippen molar-refractivity contribution in [1.29, 1.82) is 10.5 Å². The molecule has 3 heterocycles. The number of halogens is 4. The molecule has 4 N–H and O–H groups in total. The maximum absolute atomic E-state index is 14.0. The third-order valence-electron chi connectivity index (χ3n) is 8.88. The largest absolute Gasteiger partial charge is 0.395 e. The van der Waals surface area contributed by atoms with E-state index in [1.165, 1.54) is 25.1 Å². The first-order chi connectivity index (χ1) is 20.9. The Bertz CT molecular complexity index is 1740. The highest BCUT2D eigenvalue weighted by atomic mass is 19.4. The van der Waals surface area contributed by atoms with Crippen LogP contribution >= 0.6 is 0 Å². The van der Waals surface area contributed by atoms with Gasteiger partial charge in [0, 0.05) is 41.3 Å². The molecule has 2 fully saturated rings. The molecule has 2 aliphatic carbocycles. The topological polar surface area (TPSA) is 125 Å². The second-order valence-electron chi connectivity index (χ2n) is 12.4. The highest BCUT2D eigenvalue weighted by molar-refractivity contribution is 5.99. The van der Waals surface area contributed by atoms with E-state index < -0.39 is 30.1 Å². The van der Waals surface area contributed by atoms with E-state index in [9.17, 15) is 28.1 Å². The number of hydrazine groups is 2. The Kier molecular flexibility index (Phi) is 7.05. The third-order valence-corrected chi connectivity index (χ3v) is 8.88. The summed E-state index contributed by atoms with van der Waals surface area (Å²) in [6.45, 7) is 3.34. The maximum Gasteiger partial charge on any atom is 0.395 e. The van der Waals surface area contributed by atoms with Gasteiger partial charge in [0.15, 0.2) is 0 Å². The van der Waals surface area contributed by atoms with Crippen molar-refractivity contribution in [3.63, 3.8) is 0 Å². The van der Waals surface area contributed by atoms with Crippen LogP contribution in [0.4, 0.5) is 28.9 Å². The fourth-order valence-corrected chi connectivity index (χ4v) is 5.80. The second kappa shape index (κ2) is 10.5. The number of anilines is 2. The van der Waals surface area contributed by atoms with Gasteiger partial charge in [-0.1, -0.05) is 6.07 Å². The summed E-state index contributed by atoms with van der Waals surface area (Å²) in [5, 5.41) is 28.5. The molecule has 3 aromatic rings. The van der Waals surface area contributed by atoms with E-state index in [1.54, 1.807) is 25.1 Å². The lowest BCUT2D eigenvalue weighted by Crippen LogP contribution is -2.46. The van der Waals surface area contributed by atoms with E-state index in [0.717, 1.165) is 32.4 Å². The first-order valence-corrected chi connectivity index (χ1v) is 14.4. The molecule has 13 heteroatoms. The Hall–Kier alpha value is -4.62. The molecule has 3 aliphatic rings. The van der Waals surface area contributed by atoms with Crippen LogP contribution in [0.3, 0.4) is 0 Å². The molecule has 1 aliphatic heterocycles. The number of hydrogen-bond donors (Lipinski definition) is 4. The zero-order chi connectivity index (χ0) is 31.4. The van der Waals surface area contributed by atoms with Crippen molar-refractivity contribution in [1.82, 2.24) is 25.9 Å². The van der Waals surface area contributed by atoms with Gasteiger partial charge in [-0.05, 0) is 70.6 Å². The molecule has 0 spiro atoms. The van der Waals surface area contributed by atoms with Gasteiger partial charge in [-0.15, -0.1) is 5.53 Å². The monoisotopic (exact) mass is 605 g/mol. The molecule has 6 rings (SSSR count). The lowest BCUT2D eigenvalue weighted by molar-refractivity contribution is -0.206. The molecule has 2 aromatic heterocycles. The number of aryl methyl sites for hydroxylation is 1. The zero-order valence-electron chi connectivity index (χ0n) is 24.4. The molecule has 2 saturated carbocycles. The quantitative estimate of drug-likeness (QED) is 0.170. The van der Waals surface area contributed by atoms with E-state index in [1.807, 2.05) is 12.3 Å². The molecule has 9 nitrogen and oxygen atoms in total. The van der Waals surface area contributed by atoms with Crippen LogP contribution in [-0.2, 0) is 0 Å². The molecular weight excluding hydrogens is 574 g/mol. The Morgan fingerprint density at radius 3 is 2.48 bits per heavy atom. The minimum absolute atomic E-state index is 0.0430. The standard InChI is InChI=1S/C31H31F4N9/c1-17-22(6-7-25(32)40-17)28(24-15-44(43-42-24)30(8-9-30)20-4-5-20)41-21-10-18(12-36)26-23(11-21)27(19(13-37)14-38-26)39-16-29(2,3)31(33,34)35/h6-7,10-11,14-15,20,28,41-43H,4-5,8-9,16H2,1-3H3,(H,38,39)/t28-/m0/s1. The van der Waals surface area contributed by atoms with Crippen molar-refractivity contribution in [3.8, 4) is 12.1 Å². The van der Waals surface area contributed by atoms with Crippen LogP contribution in [0.25, 0.3) is 10.9 Å². The van der Waals surface area contributed by atoms with Gasteiger partial charge < -0.3 is 16.1 Å². The number of alkyl halides is 3. The summed E-state index contributed by atoms with van der Waals surface area (Å²) in [6.07, 6.45) is 3.29. The molecule has 0 radical (unpaired) electrons. The summed E-state index contributed by atoms with van der Waals surface area (Å²) in [6, 6.07) is 9.71. The number of nitrogens with zero attached hydrogens (tertiary/aromatic N) is 5. The van der Waals surface area contributed by atoms with Crippen molar-refractivity contribution >= 4 is 22.3 Å². The lowest BCUT2D eigenvalue weighted by Gasteiger charge is -2.29. The van der Waals surface area contributed by atoms with Crippen molar-refractivity contribution in [2.24, 2.45) is 11.3 Å². The van der Waals surface area contributed by atoms with Crippen LogP contribution in [0.15, 0.2) is 42.4 Å². The van der Waals surface area contributed by atoms with Crippen LogP contribution in [0.5, 0.6) is 0 Å². The van der Waals surface area contributed by atoms with E-state index in [2.05, 4.69) is 42.6 Å². The SMILES string of the molecule is Cc1nc(F)ccc1[C@H](Nc1cc(C#N)c2ncc(C#N)c(NCC(C)(C)C(F)(F)F)c2c1)C1=CN(C2(C3CC3)CC2)NN1. The number of hydrogen-bond acceptors (Lipinski definition) is 9. The predicted octanol–water partition coefficient (Wildman–Crippen LogP) is 6.08. The van der Waals surface area contributed by atoms with E-state index in [-0.39, 0.29) is 27.9 Å². The Balaban J connectivity index is 1.42. The number of benzene rings is 1. The van der Waals surface area contributed by atoms with Gasteiger partial charge in [0.25, 0.3) is 0 Å². The summed E-state index contributed by atoms with van der Waals surface area (Å²) in [4.78, 5) is 8.31. The number of nitrogens with one attached hydrogen (secondary N) is 4.